The number of aromatic hydroxyl groups is 2. The van der Waals surface area contributed by atoms with Gasteiger partial charge in [-0.2, -0.15) is 0 Å². The fraction of sp³-hybridized carbons (Fsp3) is 0.533. The number of nitrogens with one attached hydrogen (secondary N) is 1. The van der Waals surface area contributed by atoms with Gasteiger partial charge in [-0.15, -0.1) is 0 Å². The van der Waals surface area contributed by atoms with E-state index in [0.717, 1.165) is 25.9 Å². The second-order valence-corrected chi connectivity index (χ2v) is 5.23. The van der Waals surface area contributed by atoms with Crippen LogP contribution in [0.3, 0.4) is 0 Å². The molecule has 1 atom stereocenters. The standard InChI is InChI=1S/C15H22N2O3/c1-2-17(10-11-5-4-8-16-9-11)15(20)12-6-3-7-13(18)14(12)19/h3,6-7,11,16,18-19H,2,4-5,8-10H2,1H3. The number of benzene rings is 1. The molecule has 0 bridgehead atoms. The highest BCUT2D eigenvalue weighted by Crippen LogP contribution is 2.29. The molecule has 0 spiro atoms. The van der Waals surface area contributed by atoms with Gasteiger partial charge in [0.1, 0.15) is 0 Å². The molecule has 1 amide bonds. The molecule has 110 valence electrons. The van der Waals surface area contributed by atoms with Gasteiger partial charge in [-0.05, 0) is 50.9 Å². The highest BCUT2D eigenvalue weighted by molar-refractivity contribution is 5.97. The van der Waals surface area contributed by atoms with Gasteiger partial charge >= 0.3 is 0 Å². The molecular formula is C15H22N2O3. The lowest BCUT2D eigenvalue weighted by molar-refractivity contribution is 0.0725. The van der Waals surface area contributed by atoms with Gasteiger partial charge in [-0.1, -0.05) is 6.07 Å². The predicted octanol–water partition coefficient (Wildman–Crippen LogP) is 1.56. The molecule has 1 unspecified atom stereocenters. The molecule has 5 heteroatoms. The molecule has 0 aromatic heterocycles. The summed E-state index contributed by atoms with van der Waals surface area (Å²) in [5.41, 5.74) is 0.163. The molecule has 1 saturated heterocycles. The number of hydrogen-bond acceptors (Lipinski definition) is 4. The molecule has 1 aromatic rings. The Morgan fingerprint density at radius 3 is 2.90 bits per heavy atom. The van der Waals surface area contributed by atoms with Crippen LogP contribution in [0.4, 0.5) is 0 Å². The number of nitrogens with zero attached hydrogens (tertiary/aromatic N) is 1. The first-order valence-electron chi connectivity index (χ1n) is 7.14. The first-order chi connectivity index (χ1) is 9.63. The third kappa shape index (κ3) is 3.22. The summed E-state index contributed by atoms with van der Waals surface area (Å²) >= 11 is 0. The lowest BCUT2D eigenvalue weighted by Gasteiger charge is -2.29. The molecule has 1 heterocycles. The molecule has 1 fully saturated rings. The van der Waals surface area contributed by atoms with E-state index in [-0.39, 0.29) is 23.0 Å². The van der Waals surface area contributed by atoms with Crippen molar-refractivity contribution >= 4 is 5.91 Å². The van der Waals surface area contributed by atoms with Gasteiger partial charge in [0.05, 0.1) is 5.56 Å². The summed E-state index contributed by atoms with van der Waals surface area (Å²) < 4.78 is 0. The van der Waals surface area contributed by atoms with Crippen LogP contribution in [0.15, 0.2) is 18.2 Å². The number of amides is 1. The topological polar surface area (TPSA) is 72.8 Å². The van der Waals surface area contributed by atoms with Crippen LogP contribution in [0.25, 0.3) is 0 Å². The maximum atomic E-state index is 12.5. The molecule has 1 aliphatic rings. The molecule has 1 aromatic carbocycles. The van der Waals surface area contributed by atoms with E-state index >= 15 is 0 Å². The maximum absolute atomic E-state index is 12.5. The maximum Gasteiger partial charge on any atom is 0.257 e. The molecular weight excluding hydrogens is 256 g/mol. The number of phenolic OH excluding ortho intramolecular Hbond substituents is 2. The van der Waals surface area contributed by atoms with E-state index in [0.29, 0.717) is 19.0 Å². The Hall–Kier alpha value is -1.75. The summed E-state index contributed by atoms with van der Waals surface area (Å²) in [6.45, 7) is 5.16. The number of hydrogen-bond donors (Lipinski definition) is 3. The van der Waals surface area contributed by atoms with E-state index < -0.39 is 0 Å². The zero-order valence-electron chi connectivity index (χ0n) is 11.8. The molecule has 3 N–H and O–H groups in total. The summed E-state index contributed by atoms with van der Waals surface area (Å²) in [5.74, 6) is -0.373. The summed E-state index contributed by atoms with van der Waals surface area (Å²) in [6.07, 6.45) is 2.25. The highest BCUT2D eigenvalue weighted by Gasteiger charge is 2.23. The van der Waals surface area contributed by atoms with E-state index in [2.05, 4.69) is 5.32 Å². The lowest BCUT2D eigenvalue weighted by Crippen LogP contribution is -2.41. The quantitative estimate of drug-likeness (QED) is 0.731. The monoisotopic (exact) mass is 278 g/mol. The van der Waals surface area contributed by atoms with Crippen LogP contribution in [-0.4, -0.2) is 47.2 Å². The van der Waals surface area contributed by atoms with E-state index in [1.165, 1.54) is 6.07 Å². The van der Waals surface area contributed by atoms with Crippen molar-refractivity contribution < 1.29 is 15.0 Å². The van der Waals surface area contributed by atoms with Crippen molar-refractivity contribution in [1.29, 1.82) is 0 Å². The van der Waals surface area contributed by atoms with Gasteiger partial charge in [-0.3, -0.25) is 4.79 Å². The summed E-state index contributed by atoms with van der Waals surface area (Å²) in [4.78, 5) is 14.2. The number of piperidine rings is 1. The molecule has 0 saturated carbocycles. The minimum absolute atomic E-state index is 0.163. The number of rotatable bonds is 4. The fourth-order valence-corrected chi connectivity index (χ4v) is 2.62. The normalized spacial score (nSPS) is 18.8. The third-order valence-electron chi connectivity index (χ3n) is 3.79. The molecule has 1 aliphatic heterocycles. The molecule has 5 nitrogen and oxygen atoms in total. The second-order valence-electron chi connectivity index (χ2n) is 5.23. The van der Waals surface area contributed by atoms with Crippen molar-refractivity contribution in [3.8, 4) is 11.5 Å². The Morgan fingerprint density at radius 1 is 1.45 bits per heavy atom. The second kappa shape index (κ2) is 6.61. The van der Waals surface area contributed by atoms with Crippen LogP contribution in [0.1, 0.15) is 30.1 Å². The van der Waals surface area contributed by atoms with Crippen LogP contribution in [-0.2, 0) is 0 Å². The predicted molar refractivity (Wildman–Crippen MR) is 76.9 cm³/mol. The lowest BCUT2D eigenvalue weighted by atomic mass is 9.98. The van der Waals surface area contributed by atoms with Crippen molar-refractivity contribution in [2.75, 3.05) is 26.2 Å². The summed E-state index contributed by atoms with van der Waals surface area (Å²) in [6, 6.07) is 4.48. The molecule has 20 heavy (non-hydrogen) atoms. The zero-order chi connectivity index (χ0) is 14.5. The van der Waals surface area contributed by atoms with Crippen LogP contribution < -0.4 is 5.32 Å². The van der Waals surface area contributed by atoms with E-state index in [1.54, 1.807) is 17.0 Å². The van der Waals surface area contributed by atoms with Crippen molar-refractivity contribution in [3.63, 3.8) is 0 Å². The molecule has 0 radical (unpaired) electrons. The Balaban J connectivity index is 2.10. The highest BCUT2D eigenvalue weighted by atomic mass is 16.3. The van der Waals surface area contributed by atoms with Gasteiger partial charge in [0, 0.05) is 13.1 Å². The van der Waals surface area contributed by atoms with Crippen LogP contribution in [0.5, 0.6) is 11.5 Å². The van der Waals surface area contributed by atoms with Gasteiger partial charge in [0.25, 0.3) is 5.91 Å². The van der Waals surface area contributed by atoms with Crippen LogP contribution in [0.2, 0.25) is 0 Å². The van der Waals surface area contributed by atoms with Crippen LogP contribution >= 0.6 is 0 Å². The third-order valence-corrected chi connectivity index (χ3v) is 3.79. The van der Waals surface area contributed by atoms with E-state index in [1.807, 2.05) is 6.92 Å². The largest absolute Gasteiger partial charge is 0.504 e. The van der Waals surface area contributed by atoms with E-state index in [9.17, 15) is 15.0 Å². The average Bonchev–Trinajstić information content (AvgIpc) is 2.48. The van der Waals surface area contributed by atoms with Crippen molar-refractivity contribution in [3.05, 3.63) is 23.8 Å². The number of para-hydroxylation sites is 1. The SMILES string of the molecule is CCN(CC1CCCNC1)C(=O)c1cccc(O)c1O. The Kier molecular flexibility index (Phi) is 4.84. The van der Waals surface area contributed by atoms with Crippen LogP contribution in [0, 0.1) is 5.92 Å². The summed E-state index contributed by atoms with van der Waals surface area (Å²) in [5, 5.41) is 22.6. The van der Waals surface area contributed by atoms with Crippen molar-refractivity contribution in [2.24, 2.45) is 5.92 Å². The summed E-state index contributed by atoms with van der Waals surface area (Å²) in [7, 11) is 0. The van der Waals surface area contributed by atoms with Gasteiger partial charge < -0.3 is 20.4 Å². The Bertz CT molecular complexity index is 470. The Morgan fingerprint density at radius 2 is 2.25 bits per heavy atom. The van der Waals surface area contributed by atoms with Crippen molar-refractivity contribution in [1.82, 2.24) is 10.2 Å². The zero-order valence-corrected chi connectivity index (χ0v) is 11.8. The number of carbonyl (C=O) groups excluding carboxylic acids is 1. The smallest absolute Gasteiger partial charge is 0.257 e. The van der Waals surface area contributed by atoms with Gasteiger partial charge in [-0.25, -0.2) is 0 Å². The Labute approximate surface area is 119 Å². The number of phenols is 2. The van der Waals surface area contributed by atoms with E-state index in [4.69, 9.17) is 0 Å². The first-order valence-corrected chi connectivity index (χ1v) is 7.14. The molecule has 2 rings (SSSR count). The minimum atomic E-state index is -0.335. The number of carbonyl (C=O) groups is 1. The minimum Gasteiger partial charge on any atom is -0.504 e. The first kappa shape index (κ1) is 14.7. The van der Waals surface area contributed by atoms with Gasteiger partial charge in [0.2, 0.25) is 0 Å². The van der Waals surface area contributed by atoms with Crippen molar-refractivity contribution in [2.45, 2.75) is 19.8 Å². The fourth-order valence-electron chi connectivity index (χ4n) is 2.62. The average molecular weight is 278 g/mol. The molecule has 0 aliphatic carbocycles. The van der Waals surface area contributed by atoms with Gasteiger partial charge in [0.15, 0.2) is 11.5 Å².